The molecule has 0 bridgehead atoms. The standard InChI is InChI=1S/C13H19BrClN/c1-9(2)4-7-13(16-3)10-5-6-12(15)11(14)8-10/h5-6,8-9,13,16H,4,7H2,1-3H3. The molecule has 1 rings (SSSR count). The fraction of sp³-hybridized carbons (Fsp3) is 0.538. The van der Waals surface area contributed by atoms with Crippen molar-refractivity contribution >= 4 is 27.5 Å². The van der Waals surface area contributed by atoms with Crippen LogP contribution in [0.2, 0.25) is 5.02 Å². The second-order valence-corrected chi connectivity index (χ2v) is 5.75. The van der Waals surface area contributed by atoms with Gasteiger partial charge >= 0.3 is 0 Å². The van der Waals surface area contributed by atoms with Crippen molar-refractivity contribution in [1.82, 2.24) is 5.32 Å². The van der Waals surface area contributed by atoms with Crippen LogP contribution in [0.3, 0.4) is 0 Å². The topological polar surface area (TPSA) is 12.0 Å². The van der Waals surface area contributed by atoms with Gasteiger partial charge in [0.1, 0.15) is 0 Å². The molecule has 0 saturated heterocycles. The van der Waals surface area contributed by atoms with Gasteiger partial charge in [0.05, 0.1) is 5.02 Å². The summed E-state index contributed by atoms with van der Waals surface area (Å²) in [5.74, 6) is 0.742. The van der Waals surface area contributed by atoms with Crippen molar-refractivity contribution < 1.29 is 0 Å². The molecule has 0 aliphatic carbocycles. The molecule has 1 nitrogen and oxygen atoms in total. The summed E-state index contributed by atoms with van der Waals surface area (Å²) in [5.41, 5.74) is 1.29. The molecule has 16 heavy (non-hydrogen) atoms. The normalized spacial score (nSPS) is 13.1. The summed E-state index contributed by atoms with van der Waals surface area (Å²) in [6.07, 6.45) is 2.38. The van der Waals surface area contributed by atoms with E-state index in [9.17, 15) is 0 Å². The molecule has 1 N–H and O–H groups in total. The summed E-state index contributed by atoms with van der Waals surface area (Å²) in [5, 5.41) is 4.12. The minimum Gasteiger partial charge on any atom is -0.313 e. The van der Waals surface area contributed by atoms with Crippen LogP contribution in [0.15, 0.2) is 22.7 Å². The Balaban J connectivity index is 2.74. The summed E-state index contributed by atoms with van der Waals surface area (Å²) in [6.45, 7) is 4.51. The summed E-state index contributed by atoms with van der Waals surface area (Å²) >= 11 is 9.45. The van der Waals surface area contributed by atoms with E-state index in [1.165, 1.54) is 12.0 Å². The highest BCUT2D eigenvalue weighted by atomic mass is 79.9. The number of rotatable bonds is 5. The largest absolute Gasteiger partial charge is 0.313 e. The van der Waals surface area contributed by atoms with Crippen molar-refractivity contribution in [3.8, 4) is 0 Å². The van der Waals surface area contributed by atoms with E-state index in [0.717, 1.165) is 21.8 Å². The maximum absolute atomic E-state index is 5.99. The van der Waals surface area contributed by atoms with Gasteiger partial charge in [-0.15, -0.1) is 0 Å². The van der Waals surface area contributed by atoms with Crippen LogP contribution >= 0.6 is 27.5 Å². The van der Waals surface area contributed by atoms with E-state index in [1.54, 1.807) is 0 Å². The van der Waals surface area contributed by atoms with E-state index < -0.39 is 0 Å². The first-order valence-corrected chi connectivity index (χ1v) is 6.84. The third-order valence-corrected chi connectivity index (χ3v) is 3.94. The quantitative estimate of drug-likeness (QED) is 0.824. The van der Waals surface area contributed by atoms with Gasteiger partial charge in [-0.05, 0) is 59.4 Å². The van der Waals surface area contributed by atoms with Gasteiger partial charge < -0.3 is 5.32 Å². The van der Waals surface area contributed by atoms with Crippen molar-refractivity contribution in [2.75, 3.05) is 7.05 Å². The third kappa shape index (κ3) is 4.08. The molecule has 0 radical (unpaired) electrons. The lowest BCUT2D eigenvalue weighted by Gasteiger charge is -2.18. The van der Waals surface area contributed by atoms with Gasteiger partial charge in [0.15, 0.2) is 0 Å². The maximum atomic E-state index is 5.99. The minimum atomic E-state index is 0.413. The average molecular weight is 305 g/mol. The molecule has 0 amide bonds. The Kier molecular flexibility index (Phi) is 5.81. The van der Waals surface area contributed by atoms with Crippen LogP contribution in [0, 0.1) is 5.92 Å². The van der Waals surface area contributed by atoms with Gasteiger partial charge in [0.2, 0.25) is 0 Å². The van der Waals surface area contributed by atoms with E-state index in [1.807, 2.05) is 13.1 Å². The molecule has 0 spiro atoms. The fourth-order valence-corrected chi connectivity index (χ4v) is 2.22. The van der Waals surface area contributed by atoms with Gasteiger partial charge in [0.25, 0.3) is 0 Å². The molecule has 1 aromatic carbocycles. The molecule has 0 heterocycles. The molecule has 0 saturated carbocycles. The van der Waals surface area contributed by atoms with E-state index >= 15 is 0 Å². The van der Waals surface area contributed by atoms with E-state index in [2.05, 4.69) is 47.2 Å². The Morgan fingerprint density at radius 2 is 2.00 bits per heavy atom. The van der Waals surface area contributed by atoms with Gasteiger partial charge in [-0.3, -0.25) is 0 Å². The lowest BCUT2D eigenvalue weighted by Crippen LogP contribution is -2.16. The van der Waals surface area contributed by atoms with Gasteiger partial charge in [-0.1, -0.05) is 31.5 Å². The van der Waals surface area contributed by atoms with Crippen molar-refractivity contribution in [2.45, 2.75) is 32.7 Å². The second-order valence-electron chi connectivity index (χ2n) is 4.49. The first-order valence-electron chi connectivity index (χ1n) is 5.66. The molecule has 0 aromatic heterocycles. The predicted molar refractivity (Wildman–Crippen MR) is 75.0 cm³/mol. The van der Waals surface area contributed by atoms with E-state index in [0.29, 0.717) is 6.04 Å². The zero-order valence-electron chi connectivity index (χ0n) is 10.1. The number of hydrogen-bond donors (Lipinski definition) is 1. The van der Waals surface area contributed by atoms with Gasteiger partial charge in [0, 0.05) is 10.5 Å². The van der Waals surface area contributed by atoms with Crippen LogP contribution in [0.1, 0.15) is 38.3 Å². The molecule has 90 valence electrons. The smallest absolute Gasteiger partial charge is 0.0548 e. The monoisotopic (exact) mass is 303 g/mol. The van der Waals surface area contributed by atoms with Crippen LogP contribution < -0.4 is 5.32 Å². The Morgan fingerprint density at radius 3 is 2.50 bits per heavy atom. The first-order chi connectivity index (χ1) is 7.54. The van der Waals surface area contributed by atoms with Crippen LogP contribution in [-0.4, -0.2) is 7.05 Å². The zero-order valence-corrected chi connectivity index (χ0v) is 12.4. The highest BCUT2D eigenvalue weighted by molar-refractivity contribution is 9.10. The summed E-state index contributed by atoms with van der Waals surface area (Å²) in [6, 6.07) is 6.55. The van der Waals surface area contributed by atoms with Gasteiger partial charge in [-0.25, -0.2) is 0 Å². The summed E-state index contributed by atoms with van der Waals surface area (Å²) in [4.78, 5) is 0. The van der Waals surface area contributed by atoms with E-state index in [-0.39, 0.29) is 0 Å². The highest BCUT2D eigenvalue weighted by Crippen LogP contribution is 2.28. The molecule has 0 fully saturated rings. The molecule has 0 aliphatic heterocycles. The average Bonchev–Trinajstić information content (AvgIpc) is 2.23. The van der Waals surface area contributed by atoms with Crippen molar-refractivity contribution in [3.63, 3.8) is 0 Å². The van der Waals surface area contributed by atoms with Crippen LogP contribution in [0.25, 0.3) is 0 Å². The molecule has 1 unspecified atom stereocenters. The molecular weight excluding hydrogens is 286 g/mol. The van der Waals surface area contributed by atoms with Crippen LogP contribution in [-0.2, 0) is 0 Å². The maximum Gasteiger partial charge on any atom is 0.0548 e. The lowest BCUT2D eigenvalue weighted by atomic mass is 9.98. The minimum absolute atomic E-state index is 0.413. The molecular formula is C13H19BrClN. The molecule has 1 aromatic rings. The van der Waals surface area contributed by atoms with E-state index in [4.69, 9.17) is 11.6 Å². The molecule has 1 atom stereocenters. The van der Waals surface area contributed by atoms with Crippen molar-refractivity contribution in [1.29, 1.82) is 0 Å². The number of halogens is 2. The Hall–Kier alpha value is -0.0500. The molecule has 3 heteroatoms. The number of hydrogen-bond acceptors (Lipinski definition) is 1. The zero-order chi connectivity index (χ0) is 12.1. The Morgan fingerprint density at radius 1 is 1.31 bits per heavy atom. The summed E-state index contributed by atoms with van der Waals surface area (Å²) in [7, 11) is 2.01. The molecule has 0 aliphatic rings. The first kappa shape index (κ1) is 14.0. The Bertz CT molecular complexity index is 339. The lowest BCUT2D eigenvalue weighted by molar-refractivity contribution is 0.465. The highest BCUT2D eigenvalue weighted by Gasteiger charge is 2.11. The van der Waals surface area contributed by atoms with Crippen molar-refractivity contribution in [3.05, 3.63) is 33.3 Å². The van der Waals surface area contributed by atoms with Gasteiger partial charge in [-0.2, -0.15) is 0 Å². The predicted octanol–water partition coefficient (Wildman–Crippen LogP) is 4.80. The number of benzene rings is 1. The van der Waals surface area contributed by atoms with Crippen LogP contribution in [0.5, 0.6) is 0 Å². The van der Waals surface area contributed by atoms with Crippen molar-refractivity contribution in [2.24, 2.45) is 5.92 Å². The fourth-order valence-electron chi connectivity index (χ4n) is 1.71. The second kappa shape index (κ2) is 6.63. The number of nitrogens with one attached hydrogen (secondary N) is 1. The SMILES string of the molecule is CNC(CCC(C)C)c1ccc(Cl)c(Br)c1. The summed E-state index contributed by atoms with van der Waals surface area (Å²) < 4.78 is 0.969. The third-order valence-electron chi connectivity index (χ3n) is 2.73. The Labute approximate surface area is 112 Å². The van der Waals surface area contributed by atoms with Crippen LogP contribution in [0.4, 0.5) is 0 Å².